The van der Waals surface area contributed by atoms with Crippen LogP contribution in [0.2, 0.25) is 0 Å². The molecule has 0 saturated heterocycles. The molecule has 6 atom stereocenters. The summed E-state index contributed by atoms with van der Waals surface area (Å²) < 4.78 is 35.5. The van der Waals surface area contributed by atoms with Crippen molar-refractivity contribution in [2.45, 2.75) is 84.2 Å². The number of rotatable bonds is 3. The fourth-order valence-corrected chi connectivity index (χ4v) is 7.07. The highest BCUT2D eigenvalue weighted by atomic mass is 19.3. The fraction of sp³-hybridized carbons (Fsp3) is 0.864. The molecule has 0 N–H and O–H groups in total. The molecule has 0 aromatic heterocycles. The maximum absolute atomic E-state index is 14.6. The van der Waals surface area contributed by atoms with E-state index in [9.17, 15) is 13.6 Å². The normalized spacial score (nSPS) is 47.0. The predicted octanol–water partition coefficient (Wildman–Crippen LogP) is 5.56. The number of hydrogen-bond donors (Lipinski definition) is 0. The molecule has 0 radical (unpaired) electrons. The van der Waals surface area contributed by atoms with Gasteiger partial charge in [-0.3, -0.25) is 4.79 Å². The molecule has 4 rings (SSSR count). The van der Waals surface area contributed by atoms with Gasteiger partial charge in [-0.2, -0.15) is 8.78 Å². The van der Waals surface area contributed by atoms with Gasteiger partial charge >= 0.3 is 5.92 Å². The third-order valence-electron chi connectivity index (χ3n) is 8.46. The molecule has 26 heavy (non-hydrogen) atoms. The van der Waals surface area contributed by atoms with Crippen LogP contribution < -0.4 is 0 Å². The van der Waals surface area contributed by atoms with E-state index in [2.05, 4.69) is 13.8 Å². The van der Waals surface area contributed by atoms with E-state index in [-0.39, 0.29) is 23.3 Å². The largest absolute Gasteiger partial charge is 0.378 e. The second-order valence-electron chi connectivity index (χ2n) is 9.63. The lowest BCUT2D eigenvalue weighted by Gasteiger charge is -2.58. The third kappa shape index (κ3) is 2.40. The summed E-state index contributed by atoms with van der Waals surface area (Å²) in [5, 5.41) is 0. The Bertz CT molecular complexity index is 628. The first kappa shape index (κ1) is 18.6. The van der Waals surface area contributed by atoms with Crippen molar-refractivity contribution >= 4 is 5.78 Å². The van der Waals surface area contributed by atoms with Crippen molar-refractivity contribution in [2.75, 3.05) is 6.61 Å². The highest BCUT2D eigenvalue weighted by molar-refractivity contribution is 5.90. The summed E-state index contributed by atoms with van der Waals surface area (Å²) in [4.78, 5) is 11.8. The van der Waals surface area contributed by atoms with Gasteiger partial charge < -0.3 is 4.74 Å². The van der Waals surface area contributed by atoms with Crippen molar-refractivity contribution < 1.29 is 18.3 Å². The maximum atomic E-state index is 14.6. The number of alkyl halides is 2. The summed E-state index contributed by atoms with van der Waals surface area (Å²) in [6.07, 6.45) is 8.74. The van der Waals surface area contributed by atoms with Crippen LogP contribution in [0.15, 0.2) is 11.6 Å². The van der Waals surface area contributed by atoms with Crippen LogP contribution >= 0.6 is 0 Å². The standard InChI is InChI=1S/C22H32F2O2/c1-4-13-26-19-8-6-15-14-5-7-17-20(2,12-10-18(25)22(17,23)24)16(14)9-11-21(15,19)3/h7,14-16,19H,4-6,8-13H2,1-3H3/t14-,15-,16-,19-,20+,21-/m0/s1. The number of halogens is 2. The fourth-order valence-electron chi connectivity index (χ4n) is 7.07. The van der Waals surface area contributed by atoms with Gasteiger partial charge in [-0.25, -0.2) is 0 Å². The number of allylic oxidation sites excluding steroid dienone is 2. The topological polar surface area (TPSA) is 26.3 Å². The average molecular weight is 366 g/mol. The molecule has 0 aromatic carbocycles. The lowest BCUT2D eigenvalue weighted by atomic mass is 9.47. The van der Waals surface area contributed by atoms with E-state index in [4.69, 9.17) is 4.74 Å². The van der Waals surface area contributed by atoms with Gasteiger partial charge in [0.05, 0.1) is 6.10 Å². The van der Waals surface area contributed by atoms with E-state index >= 15 is 0 Å². The zero-order valence-corrected chi connectivity index (χ0v) is 16.3. The molecule has 0 unspecified atom stereocenters. The van der Waals surface area contributed by atoms with Crippen LogP contribution in [-0.2, 0) is 9.53 Å². The summed E-state index contributed by atoms with van der Waals surface area (Å²) >= 11 is 0. The number of ether oxygens (including phenoxy) is 1. The first-order valence-electron chi connectivity index (χ1n) is 10.5. The molecular weight excluding hydrogens is 334 g/mol. The van der Waals surface area contributed by atoms with Gasteiger partial charge in [0.25, 0.3) is 0 Å². The molecule has 0 aromatic rings. The van der Waals surface area contributed by atoms with Crippen molar-refractivity contribution in [1.29, 1.82) is 0 Å². The molecule has 3 fully saturated rings. The maximum Gasteiger partial charge on any atom is 0.327 e. The van der Waals surface area contributed by atoms with Gasteiger partial charge in [-0.1, -0.05) is 26.8 Å². The monoisotopic (exact) mass is 366 g/mol. The Morgan fingerprint density at radius 2 is 1.92 bits per heavy atom. The van der Waals surface area contributed by atoms with E-state index < -0.39 is 17.1 Å². The SMILES string of the molecule is CCCO[C@H]1CC[C@H]2[C@@H]3CC=C4C(F)(F)C(=O)CC[C@]4(C)[C@H]3CC[C@]12C. The lowest BCUT2D eigenvalue weighted by molar-refractivity contribution is -0.150. The van der Waals surface area contributed by atoms with Gasteiger partial charge in [-0.15, -0.1) is 0 Å². The van der Waals surface area contributed by atoms with Crippen LogP contribution in [0.1, 0.15) is 72.1 Å². The average Bonchev–Trinajstić information content (AvgIpc) is 2.93. The Balaban J connectivity index is 1.64. The Morgan fingerprint density at radius 3 is 2.65 bits per heavy atom. The number of ketones is 1. The first-order chi connectivity index (χ1) is 12.2. The number of fused-ring (bicyclic) bond motifs is 5. The van der Waals surface area contributed by atoms with E-state index in [1.165, 1.54) is 0 Å². The third-order valence-corrected chi connectivity index (χ3v) is 8.46. The van der Waals surface area contributed by atoms with Gasteiger partial charge in [0.15, 0.2) is 0 Å². The molecule has 0 amide bonds. The molecule has 4 aliphatic carbocycles. The molecule has 0 bridgehead atoms. The Kier molecular flexibility index (Phi) is 4.37. The molecule has 4 heteroatoms. The van der Waals surface area contributed by atoms with Crippen LogP contribution in [0.25, 0.3) is 0 Å². The van der Waals surface area contributed by atoms with Crippen LogP contribution in [0, 0.1) is 28.6 Å². The number of hydrogen-bond acceptors (Lipinski definition) is 2. The van der Waals surface area contributed by atoms with Crippen LogP contribution in [0.4, 0.5) is 8.78 Å². The minimum atomic E-state index is -3.25. The van der Waals surface area contributed by atoms with Crippen LogP contribution in [0.5, 0.6) is 0 Å². The minimum absolute atomic E-state index is 0.0221. The highest BCUT2D eigenvalue weighted by Gasteiger charge is 2.63. The number of Topliss-reactive ketones (excluding diaryl/α,β-unsaturated/α-hetero) is 1. The second-order valence-corrected chi connectivity index (χ2v) is 9.63. The van der Waals surface area contributed by atoms with Crippen molar-refractivity contribution in [3.05, 3.63) is 11.6 Å². The van der Waals surface area contributed by atoms with Gasteiger partial charge in [0.1, 0.15) is 0 Å². The quantitative estimate of drug-likeness (QED) is 0.611. The summed E-state index contributed by atoms with van der Waals surface area (Å²) in [6, 6.07) is 0. The Labute approximate surface area is 155 Å². The predicted molar refractivity (Wildman–Crippen MR) is 97.1 cm³/mol. The second kappa shape index (κ2) is 6.12. The molecule has 0 heterocycles. The number of carbonyl (C=O) groups excluding carboxylic acids is 1. The van der Waals surface area contributed by atoms with E-state index in [0.29, 0.717) is 30.8 Å². The zero-order valence-electron chi connectivity index (χ0n) is 16.3. The highest BCUT2D eigenvalue weighted by Crippen LogP contribution is 2.66. The van der Waals surface area contributed by atoms with E-state index in [1.54, 1.807) is 6.08 Å². The van der Waals surface area contributed by atoms with Crippen molar-refractivity contribution in [2.24, 2.45) is 28.6 Å². The summed E-state index contributed by atoms with van der Waals surface area (Å²) in [5.74, 6) is -2.83. The van der Waals surface area contributed by atoms with Crippen LogP contribution in [0.3, 0.4) is 0 Å². The van der Waals surface area contributed by atoms with Crippen molar-refractivity contribution in [3.63, 3.8) is 0 Å². The lowest BCUT2D eigenvalue weighted by Crippen LogP contribution is -2.55. The summed E-state index contributed by atoms with van der Waals surface area (Å²) in [5.41, 5.74) is -0.183. The molecule has 2 nitrogen and oxygen atoms in total. The smallest absolute Gasteiger partial charge is 0.327 e. The Hall–Kier alpha value is -0.770. The van der Waals surface area contributed by atoms with Gasteiger partial charge in [0.2, 0.25) is 5.78 Å². The van der Waals surface area contributed by atoms with Gasteiger partial charge in [0, 0.05) is 18.6 Å². The molecule has 4 aliphatic rings. The molecule has 0 aliphatic heterocycles. The van der Waals surface area contributed by atoms with Crippen LogP contribution in [-0.4, -0.2) is 24.4 Å². The summed E-state index contributed by atoms with van der Waals surface area (Å²) in [6.45, 7) is 7.35. The molecule has 146 valence electrons. The number of carbonyl (C=O) groups is 1. The van der Waals surface area contributed by atoms with Gasteiger partial charge in [-0.05, 0) is 73.5 Å². The van der Waals surface area contributed by atoms with Crippen molar-refractivity contribution in [1.82, 2.24) is 0 Å². The molecule has 0 spiro atoms. The Morgan fingerprint density at radius 1 is 1.15 bits per heavy atom. The molecular formula is C22H32F2O2. The van der Waals surface area contributed by atoms with Crippen molar-refractivity contribution in [3.8, 4) is 0 Å². The van der Waals surface area contributed by atoms with E-state index in [0.717, 1.165) is 38.7 Å². The summed E-state index contributed by atoms with van der Waals surface area (Å²) in [7, 11) is 0. The van der Waals surface area contributed by atoms with E-state index in [1.807, 2.05) is 6.92 Å². The first-order valence-corrected chi connectivity index (χ1v) is 10.5. The zero-order chi connectivity index (χ0) is 18.7. The minimum Gasteiger partial charge on any atom is -0.378 e. The molecule has 3 saturated carbocycles.